The minimum atomic E-state index is -4.44. The van der Waals surface area contributed by atoms with Crippen LogP contribution in [0.2, 0.25) is 0 Å². The summed E-state index contributed by atoms with van der Waals surface area (Å²) >= 11 is 0. The van der Waals surface area contributed by atoms with Crippen LogP contribution in [-0.2, 0) is 11.0 Å². The molecule has 0 radical (unpaired) electrons. The first-order valence-electron chi connectivity index (χ1n) is 7.10. The van der Waals surface area contributed by atoms with Gasteiger partial charge in [0.1, 0.15) is 5.82 Å². The molecule has 3 rings (SSSR count). The number of halogens is 5. The van der Waals surface area contributed by atoms with Crippen LogP contribution in [0.4, 0.5) is 27.8 Å². The van der Waals surface area contributed by atoms with Crippen LogP contribution in [0, 0.1) is 5.92 Å². The van der Waals surface area contributed by atoms with Gasteiger partial charge in [-0.15, -0.1) is 0 Å². The first-order chi connectivity index (χ1) is 10.6. The van der Waals surface area contributed by atoms with E-state index < -0.39 is 42.3 Å². The number of amides is 1. The van der Waals surface area contributed by atoms with E-state index in [1.54, 1.807) is 4.90 Å². The van der Waals surface area contributed by atoms with E-state index in [-0.39, 0.29) is 11.9 Å². The van der Waals surface area contributed by atoms with Crippen molar-refractivity contribution in [1.82, 2.24) is 10.3 Å². The van der Waals surface area contributed by atoms with Crippen molar-refractivity contribution < 1.29 is 26.7 Å². The summed E-state index contributed by atoms with van der Waals surface area (Å²) in [6.45, 7) is 0.617. The summed E-state index contributed by atoms with van der Waals surface area (Å²) in [6.07, 6.45) is -4.24. The lowest BCUT2D eigenvalue weighted by molar-refractivity contribution is -0.150. The zero-order valence-corrected chi connectivity index (χ0v) is 11.9. The number of nitrogens with zero attached hydrogens (tertiary/aromatic N) is 2. The van der Waals surface area contributed by atoms with Crippen LogP contribution < -0.4 is 10.2 Å². The van der Waals surface area contributed by atoms with Crippen molar-refractivity contribution in [2.75, 3.05) is 18.0 Å². The highest BCUT2D eigenvalue weighted by atomic mass is 19.4. The van der Waals surface area contributed by atoms with Gasteiger partial charge in [-0.2, -0.15) is 13.2 Å². The van der Waals surface area contributed by atoms with Crippen molar-refractivity contribution in [2.45, 2.75) is 31.0 Å². The molecule has 0 atom stereocenters. The van der Waals surface area contributed by atoms with E-state index in [4.69, 9.17) is 0 Å². The lowest BCUT2D eigenvalue weighted by Crippen LogP contribution is -2.61. The SMILES string of the molecule is O=C(NC1CN(c2cc(C(F)(F)F)ccn2)C1)C1CC(F)(F)C1. The molecule has 1 N–H and O–H groups in total. The Kier molecular flexibility index (Phi) is 3.68. The Morgan fingerprint density at radius 2 is 1.96 bits per heavy atom. The number of hydrogen-bond acceptors (Lipinski definition) is 3. The van der Waals surface area contributed by atoms with Crippen LogP contribution in [0.5, 0.6) is 0 Å². The summed E-state index contributed by atoms with van der Waals surface area (Å²) in [4.78, 5) is 17.2. The van der Waals surface area contributed by atoms with E-state index >= 15 is 0 Å². The molecular weight excluding hydrogens is 321 g/mol. The molecule has 0 unspecified atom stereocenters. The maximum atomic E-state index is 12.7. The number of anilines is 1. The Morgan fingerprint density at radius 1 is 1.30 bits per heavy atom. The number of aromatic nitrogens is 1. The van der Waals surface area contributed by atoms with Crippen LogP contribution in [-0.4, -0.2) is 35.9 Å². The maximum absolute atomic E-state index is 12.7. The number of hydrogen-bond donors (Lipinski definition) is 1. The van der Waals surface area contributed by atoms with Crippen molar-refractivity contribution >= 4 is 11.7 Å². The van der Waals surface area contributed by atoms with E-state index in [1.807, 2.05) is 0 Å². The number of carbonyl (C=O) groups is 1. The lowest BCUT2D eigenvalue weighted by atomic mass is 9.80. The van der Waals surface area contributed by atoms with Gasteiger partial charge in [0.05, 0.1) is 11.6 Å². The Hall–Kier alpha value is -1.93. The predicted octanol–water partition coefficient (Wildman–Crippen LogP) is 2.45. The molecular formula is C14H14F5N3O. The quantitative estimate of drug-likeness (QED) is 0.863. The molecule has 2 aliphatic rings. The molecule has 1 aliphatic heterocycles. The van der Waals surface area contributed by atoms with Crippen molar-refractivity contribution in [3.8, 4) is 0 Å². The van der Waals surface area contributed by atoms with E-state index in [1.165, 1.54) is 0 Å². The van der Waals surface area contributed by atoms with E-state index in [9.17, 15) is 26.7 Å². The van der Waals surface area contributed by atoms with Gasteiger partial charge in [0.25, 0.3) is 0 Å². The molecule has 0 bridgehead atoms. The first-order valence-corrected chi connectivity index (χ1v) is 7.10. The van der Waals surface area contributed by atoms with Crippen LogP contribution in [0.3, 0.4) is 0 Å². The van der Waals surface area contributed by atoms with Gasteiger partial charge < -0.3 is 10.2 Å². The Morgan fingerprint density at radius 3 is 2.52 bits per heavy atom. The third-order valence-corrected chi connectivity index (χ3v) is 4.09. The number of carbonyl (C=O) groups excluding carboxylic acids is 1. The third kappa shape index (κ3) is 3.37. The van der Waals surface area contributed by atoms with E-state index in [0.717, 1.165) is 18.3 Å². The van der Waals surface area contributed by atoms with Gasteiger partial charge in [0.15, 0.2) is 0 Å². The summed E-state index contributed by atoms with van der Waals surface area (Å²) < 4.78 is 63.3. The third-order valence-electron chi connectivity index (χ3n) is 4.09. The number of alkyl halides is 5. The minimum Gasteiger partial charge on any atom is -0.352 e. The molecule has 1 aromatic rings. The molecule has 9 heteroatoms. The average Bonchev–Trinajstić information content (AvgIpc) is 2.38. The molecule has 1 saturated heterocycles. The predicted molar refractivity (Wildman–Crippen MR) is 71.1 cm³/mol. The Balaban J connectivity index is 1.51. The normalized spacial score (nSPS) is 21.5. The highest BCUT2D eigenvalue weighted by Crippen LogP contribution is 2.42. The monoisotopic (exact) mass is 335 g/mol. The second kappa shape index (κ2) is 5.31. The Labute approximate surface area is 128 Å². The fraction of sp³-hybridized carbons (Fsp3) is 0.571. The lowest BCUT2D eigenvalue weighted by Gasteiger charge is -2.42. The van der Waals surface area contributed by atoms with Crippen LogP contribution >= 0.6 is 0 Å². The summed E-state index contributed by atoms with van der Waals surface area (Å²) in [5, 5.41) is 2.64. The van der Waals surface area contributed by atoms with Crippen LogP contribution in [0.15, 0.2) is 18.3 Å². The molecule has 23 heavy (non-hydrogen) atoms. The molecule has 126 valence electrons. The van der Waals surface area contributed by atoms with Crippen molar-refractivity contribution in [3.63, 3.8) is 0 Å². The zero-order valence-electron chi connectivity index (χ0n) is 11.9. The second-order valence-corrected chi connectivity index (χ2v) is 5.97. The standard InChI is InChI=1S/C14H14F5N3O/c15-13(16)4-8(5-13)12(23)21-10-6-22(7-10)11-3-9(1-2-20-11)14(17,18)19/h1-3,8,10H,4-7H2,(H,21,23). The van der Waals surface area contributed by atoms with Crippen LogP contribution in [0.1, 0.15) is 18.4 Å². The first kappa shape index (κ1) is 15.9. The topological polar surface area (TPSA) is 45.2 Å². The van der Waals surface area contributed by atoms with Gasteiger partial charge >= 0.3 is 6.18 Å². The molecule has 1 amide bonds. The van der Waals surface area contributed by atoms with Gasteiger partial charge in [0.2, 0.25) is 11.8 Å². The van der Waals surface area contributed by atoms with E-state index in [2.05, 4.69) is 10.3 Å². The summed E-state index contributed by atoms with van der Waals surface area (Å²) in [6, 6.07) is 1.58. The molecule has 1 aliphatic carbocycles. The molecule has 4 nitrogen and oxygen atoms in total. The van der Waals surface area contributed by atoms with Gasteiger partial charge in [-0.25, -0.2) is 13.8 Å². The zero-order chi connectivity index (χ0) is 16.8. The second-order valence-electron chi connectivity index (χ2n) is 5.97. The van der Waals surface area contributed by atoms with Crippen molar-refractivity contribution in [3.05, 3.63) is 23.9 Å². The van der Waals surface area contributed by atoms with Crippen LogP contribution in [0.25, 0.3) is 0 Å². The van der Waals surface area contributed by atoms with Gasteiger partial charge in [-0.1, -0.05) is 0 Å². The summed E-state index contributed by atoms with van der Waals surface area (Å²) in [5.41, 5.74) is -0.785. The minimum absolute atomic E-state index is 0.181. The van der Waals surface area contributed by atoms with Gasteiger partial charge in [0, 0.05) is 38.0 Å². The van der Waals surface area contributed by atoms with Gasteiger partial charge in [-0.05, 0) is 12.1 Å². The fourth-order valence-electron chi connectivity index (χ4n) is 2.69. The highest BCUT2D eigenvalue weighted by Gasteiger charge is 2.49. The summed E-state index contributed by atoms with van der Waals surface area (Å²) in [5.74, 6) is -3.67. The number of rotatable bonds is 3. The largest absolute Gasteiger partial charge is 0.416 e. The van der Waals surface area contributed by atoms with Gasteiger partial charge in [-0.3, -0.25) is 4.79 Å². The Bertz CT molecular complexity index is 605. The average molecular weight is 335 g/mol. The number of pyridine rings is 1. The molecule has 2 heterocycles. The molecule has 1 aromatic heterocycles. The fourth-order valence-corrected chi connectivity index (χ4v) is 2.69. The molecule has 0 spiro atoms. The maximum Gasteiger partial charge on any atom is 0.416 e. The summed E-state index contributed by atoms with van der Waals surface area (Å²) in [7, 11) is 0. The van der Waals surface area contributed by atoms with Crippen molar-refractivity contribution in [2.24, 2.45) is 5.92 Å². The van der Waals surface area contributed by atoms with E-state index in [0.29, 0.717) is 13.1 Å². The van der Waals surface area contributed by atoms with Crippen molar-refractivity contribution in [1.29, 1.82) is 0 Å². The smallest absolute Gasteiger partial charge is 0.352 e. The molecule has 1 saturated carbocycles. The number of nitrogens with one attached hydrogen (secondary N) is 1. The molecule has 0 aromatic carbocycles. The molecule has 2 fully saturated rings. The highest BCUT2D eigenvalue weighted by molar-refractivity contribution is 5.80.